The fourth-order valence-electron chi connectivity index (χ4n) is 3.04. The lowest BCUT2D eigenvalue weighted by molar-refractivity contribution is 0.104. The lowest BCUT2D eigenvalue weighted by atomic mass is 9.92. The minimum atomic E-state index is -0.471. The Morgan fingerprint density at radius 1 is 0.643 bits per heavy atom. The van der Waals surface area contributed by atoms with Crippen LogP contribution in [0.25, 0.3) is 22.5 Å². The third kappa shape index (κ3) is 3.42. The molecule has 0 aliphatic heterocycles. The van der Waals surface area contributed by atoms with Gasteiger partial charge in [0.25, 0.3) is 0 Å². The summed E-state index contributed by atoms with van der Waals surface area (Å²) in [4.78, 5) is 21.8. The number of hydrogen-bond acceptors (Lipinski definition) is 3. The van der Waals surface area contributed by atoms with Gasteiger partial charge in [-0.2, -0.15) is 0 Å². The standard InChI is InChI=1S/C23H14F2N2O/c24-15-7-9-17(19(13-15)21-5-1-3-11-26-21)23(28)18-10-8-16(25)14-20(18)22-6-2-4-12-27-22/h1-14H. The van der Waals surface area contributed by atoms with E-state index in [1.54, 1.807) is 48.8 Å². The van der Waals surface area contributed by atoms with Crippen LogP contribution in [0.4, 0.5) is 8.78 Å². The number of pyridine rings is 2. The van der Waals surface area contributed by atoms with Crippen molar-refractivity contribution in [2.75, 3.05) is 0 Å². The molecule has 0 spiro atoms. The number of nitrogens with zero attached hydrogens (tertiary/aromatic N) is 2. The Morgan fingerprint density at radius 2 is 1.11 bits per heavy atom. The van der Waals surface area contributed by atoms with Crippen LogP contribution in [0.2, 0.25) is 0 Å². The topological polar surface area (TPSA) is 42.9 Å². The second-order valence-corrected chi connectivity index (χ2v) is 6.14. The molecule has 0 aliphatic rings. The summed E-state index contributed by atoms with van der Waals surface area (Å²) in [6.45, 7) is 0. The molecule has 0 N–H and O–H groups in total. The molecule has 0 unspecified atom stereocenters. The van der Waals surface area contributed by atoms with Gasteiger partial charge >= 0.3 is 0 Å². The summed E-state index contributed by atoms with van der Waals surface area (Å²) in [5.74, 6) is -1.30. The molecule has 0 radical (unpaired) electrons. The van der Waals surface area contributed by atoms with Crippen molar-refractivity contribution in [1.82, 2.24) is 9.97 Å². The van der Waals surface area contributed by atoms with Crippen molar-refractivity contribution in [2.24, 2.45) is 0 Å². The van der Waals surface area contributed by atoms with Gasteiger partial charge in [0.2, 0.25) is 0 Å². The highest BCUT2D eigenvalue weighted by atomic mass is 19.1. The maximum atomic E-state index is 13.9. The van der Waals surface area contributed by atoms with Crippen molar-refractivity contribution in [3.63, 3.8) is 0 Å². The van der Waals surface area contributed by atoms with E-state index < -0.39 is 11.6 Å². The molecule has 0 amide bonds. The molecule has 2 aromatic carbocycles. The van der Waals surface area contributed by atoms with Gasteiger partial charge in [0.1, 0.15) is 11.6 Å². The van der Waals surface area contributed by atoms with Crippen molar-refractivity contribution >= 4 is 5.78 Å². The zero-order valence-electron chi connectivity index (χ0n) is 14.6. The second-order valence-electron chi connectivity index (χ2n) is 6.14. The Balaban J connectivity index is 1.89. The Kier molecular flexibility index (Phi) is 4.72. The molecule has 2 aromatic heterocycles. The van der Waals surface area contributed by atoms with E-state index in [1.165, 1.54) is 36.4 Å². The first-order chi connectivity index (χ1) is 13.6. The molecule has 0 aliphatic carbocycles. The minimum absolute atomic E-state index is 0.281. The van der Waals surface area contributed by atoms with Gasteiger partial charge in [0, 0.05) is 34.6 Å². The Morgan fingerprint density at radius 3 is 1.50 bits per heavy atom. The highest BCUT2D eigenvalue weighted by Gasteiger charge is 2.20. The number of halogens is 2. The molecule has 0 bridgehead atoms. The molecule has 5 heteroatoms. The summed E-state index contributed by atoms with van der Waals surface area (Å²) < 4.78 is 27.8. The molecule has 136 valence electrons. The summed E-state index contributed by atoms with van der Waals surface area (Å²) in [7, 11) is 0. The Bertz CT molecular complexity index is 1050. The third-order valence-corrected chi connectivity index (χ3v) is 4.33. The number of hydrogen-bond donors (Lipinski definition) is 0. The molecule has 28 heavy (non-hydrogen) atoms. The number of ketones is 1. The van der Waals surface area contributed by atoms with Crippen molar-refractivity contribution in [3.8, 4) is 22.5 Å². The van der Waals surface area contributed by atoms with Crippen molar-refractivity contribution in [2.45, 2.75) is 0 Å². The molecule has 0 atom stereocenters. The number of benzene rings is 2. The summed E-state index contributed by atoms with van der Waals surface area (Å²) in [6, 6.07) is 18.3. The van der Waals surface area contributed by atoms with Crippen LogP contribution >= 0.6 is 0 Å². The number of carbonyl (C=O) groups is 1. The summed E-state index contributed by atoms with van der Waals surface area (Å²) in [5.41, 5.74) is 2.27. The largest absolute Gasteiger partial charge is 0.289 e. The van der Waals surface area contributed by atoms with Crippen molar-refractivity contribution < 1.29 is 13.6 Å². The fraction of sp³-hybridized carbons (Fsp3) is 0. The van der Waals surface area contributed by atoms with E-state index in [9.17, 15) is 13.6 Å². The van der Waals surface area contributed by atoms with Crippen LogP contribution in [0.5, 0.6) is 0 Å². The summed E-state index contributed by atoms with van der Waals surface area (Å²) >= 11 is 0. The Labute approximate surface area is 160 Å². The summed E-state index contributed by atoms with van der Waals surface area (Å²) in [6.07, 6.45) is 3.15. The van der Waals surface area contributed by atoms with Crippen molar-refractivity contribution in [3.05, 3.63) is 108 Å². The van der Waals surface area contributed by atoms with Gasteiger partial charge < -0.3 is 0 Å². The van der Waals surface area contributed by atoms with Gasteiger partial charge in [-0.3, -0.25) is 14.8 Å². The monoisotopic (exact) mass is 372 g/mol. The molecular weight excluding hydrogens is 358 g/mol. The van der Waals surface area contributed by atoms with Gasteiger partial charge in [-0.1, -0.05) is 12.1 Å². The lowest BCUT2D eigenvalue weighted by Crippen LogP contribution is -2.07. The quantitative estimate of drug-likeness (QED) is 0.455. The van der Waals surface area contributed by atoms with Crippen molar-refractivity contribution in [1.29, 1.82) is 0 Å². The minimum Gasteiger partial charge on any atom is -0.289 e. The Hall–Kier alpha value is -3.73. The average molecular weight is 372 g/mol. The van der Waals surface area contributed by atoms with Gasteiger partial charge in [0.15, 0.2) is 5.78 Å². The lowest BCUT2D eigenvalue weighted by Gasteiger charge is -2.12. The van der Waals surface area contributed by atoms with Gasteiger partial charge in [-0.05, 0) is 60.7 Å². The van der Waals surface area contributed by atoms with E-state index in [-0.39, 0.29) is 16.9 Å². The van der Waals surface area contributed by atoms with Crippen LogP contribution in [0.15, 0.2) is 85.2 Å². The van der Waals surface area contributed by atoms with Gasteiger partial charge in [0.05, 0.1) is 11.4 Å². The maximum absolute atomic E-state index is 13.9. The van der Waals surface area contributed by atoms with Crippen LogP contribution in [-0.2, 0) is 0 Å². The van der Waals surface area contributed by atoms with Gasteiger partial charge in [-0.25, -0.2) is 8.78 Å². The predicted molar refractivity (Wildman–Crippen MR) is 103 cm³/mol. The fourth-order valence-corrected chi connectivity index (χ4v) is 3.04. The summed E-state index contributed by atoms with van der Waals surface area (Å²) in [5, 5.41) is 0. The zero-order valence-corrected chi connectivity index (χ0v) is 14.6. The van der Waals surface area contributed by atoms with E-state index in [1.807, 2.05) is 0 Å². The van der Waals surface area contributed by atoms with E-state index in [2.05, 4.69) is 9.97 Å². The SMILES string of the molecule is O=C(c1ccc(F)cc1-c1ccccn1)c1ccc(F)cc1-c1ccccn1. The number of carbonyl (C=O) groups excluding carboxylic acids is 1. The molecular formula is C23H14F2N2O. The molecule has 0 saturated carbocycles. The van der Waals surface area contributed by atoms with Crippen LogP contribution in [0.3, 0.4) is 0 Å². The zero-order chi connectivity index (χ0) is 19.5. The smallest absolute Gasteiger partial charge is 0.194 e. The molecule has 0 fully saturated rings. The van der Waals surface area contributed by atoms with E-state index in [0.717, 1.165) is 0 Å². The molecule has 2 heterocycles. The van der Waals surface area contributed by atoms with Crippen LogP contribution < -0.4 is 0 Å². The molecule has 0 saturated heterocycles. The van der Waals surface area contributed by atoms with E-state index in [0.29, 0.717) is 22.5 Å². The number of aromatic nitrogens is 2. The maximum Gasteiger partial charge on any atom is 0.194 e. The second kappa shape index (κ2) is 7.48. The third-order valence-electron chi connectivity index (χ3n) is 4.33. The van der Waals surface area contributed by atoms with Crippen LogP contribution in [0, 0.1) is 11.6 Å². The van der Waals surface area contributed by atoms with E-state index >= 15 is 0 Å². The first-order valence-electron chi connectivity index (χ1n) is 8.60. The first-order valence-corrected chi connectivity index (χ1v) is 8.60. The van der Waals surface area contributed by atoms with Crippen LogP contribution in [0.1, 0.15) is 15.9 Å². The number of rotatable bonds is 4. The predicted octanol–water partition coefficient (Wildman–Crippen LogP) is 5.32. The molecule has 4 rings (SSSR count). The average Bonchev–Trinajstić information content (AvgIpc) is 2.74. The highest BCUT2D eigenvalue weighted by molar-refractivity contribution is 6.15. The van der Waals surface area contributed by atoms with Crippen LogP contribution in [-0.4, -0.2) is 15.8 Å². The molecule has 4 aromatic rings. The van der Waals surface area contributed by atoms with Gasteiger partial charge in [-0.15, -0.1) is 0 Å². The van der Waals surface area contributed by atoms with E-state index in [4.69, 9.17) is 0 Å². The first kappa shape index (κ1) is 17.7. The normalized spacial score (nSPS) is 10.6. The molecule has 3 nitrogen and oxygen atoms in total. The highest BCUT2D eigenvalue weighted by Crippen LogP contribution is 2.29.